The summed E-state index contributed by atoms with van der Waals surface area (Å²) in [5, 5.41) is 2.73. The zero-order valence-corrected chi connectivity index (χ0v) is 5.33. The Balaban J connectivity index is 2.27. The standard InChI is InChI=1S/C5H8NOS/c7-5-1-3-8-4-2-6-5/h4H,1-3H2,(H,6,7). The summed E-state index contributed by atoms with van der Waals surface area (Å²) in [5.74, 6) is 3.13. The summed E-state index contributed by atoms with van der Waals surface area (Å²) in [7, 11) is 0. The normalized spacial score (nSPS) is 21.8. The van der Waals surface area contributed by atoms with Crippen LogP contribution in [0.5, 0.6) is 0 Å². The van der Waals surface area contributed by atoms with Crippen molar-refractivity contribution in [3.8, 4) is 0 Å². The summed E-state index contributed by atoms with van der Waals surface area (Å²) in [5.41, 5.74) is 0. The Morgan fingerprint density at radius 1 is 1.75 bits per heavy atom. The van der Waals surface area contributed by atoms with Crippen LogP contribution < -0.4 is 5.32 Å². The third-order valence-electron chi connectivity index (χ3n) is 0.947. The van der Waals surface area contributed by atoms with Crippen molar-refractivity contribution in [1.29, 1.82) is 0 Å². The van der Waals surface area contributed by atoms with E-state index in [4.69, 9.17) is 0 Å². The first kappa shape index (κ1) is 5.95. The second-order valence-electron chi connectivity index (χ2n) is 1.59. The van der Waals surface area contributed by atoms with Crippen LogP contribution in [0.4, 0.5) is 0 Å². The number of amides is 1. The molecule has 45 valence electrons. The molecule has 8 heavy (non-hydrogen) atoms. The van der Waals surface area contributed by atoms with Gasteiger partial charge >= 0.3 is 0 Å². The molecule has 1 heterocycles. The van der Waals surface area contributed by atoms with E-state index in [1.54, 1.807) is 11.8 Å². The second-order valence-corrected chi connectivity index (χ2v) is 2.67. The molecule has 1 saturated heterocycles. The summed E-state index contributed by atoms with van der Waals surface area (Å²) in [6.45, 7) is 0.726. The first-order valence-corrected chi connectivity index (χ1v) is 3.64. The summed E-state index contributed by atoms with van der Waals surface area (Å²) < 4.78 is 0. The van der Waals surface area contributed by atoms with Crippen LogP contribution in [0.2, 0.25) is 0 Å². The highest BCUT2D eigenvalue weighted by Crippen LogP contribution is 2.08. The topological polar surface area (TPSA) is 29.1 Å². The molecule has 1 N–H and O–H groups in total. The lowest BCUT2D eigenvalue weighted by Crippen LogP contribution is -2.21. The van der Waals surface area contributed by atoms with Crippen LogP contribution in [0.15, 0.2) is 0 Å². The first-order chi connectivity index (χ1) is 3.89. The Morgan fingerprint density at radius 2 is 2.62 bits per heavy atom. The molecule has 1 aliphatic heterocycles. The molecular weight excluding hydrogens is 122 g/mol. The van der Waals surface area contributed by atoms with Crippen LogP contribution >= 0.6 is 11.8 Å². The molecule has 1 aliphatic rings. The summed E-state index contributed by atoms with van der Waals surface area (Å²) in [4.78, 5) is 10.5. The summed E-state index contributed by atoms with van der Waals surface area (Å²) >= 11 is 1.71. The molecule has 1 rings (SSSR count). The number of nitrogens with one attached hydrogen (secondary N) is 1. The molecular formula is C5H8NOS. The van der Waals surface area contributed by atoms with Crippen LogP contribution in [0.1, 0.15) is 6.42 Å². The monoisotopic (exact) mass is 130 g/mol. The maximum atomic E-state index is 10.5. The molecule has 1 amide bonds. The molecule has 0 bridgehead atoms. The van der Waals surface area contributed by atoms with Crippen LogP contribution in [-0.2, 0) is 4.79 Å². The molecule has 0 saturated carbocycles. The number of carbonyl (C=O) groups is 1. The van der Waals surface area contributed by atoms with Crippen LogP contribution in [0, 0.1) is 5.75 Å². The molecule has 0 atom stereocenters. The van der Waals surface area contributed by atoms with Crippen LogP contribution in [-0.4, -0.2) is 18.2 Å². The molecule has 0 aromatic carbocycles. The lowest BCUT2D eigenvalue weighted by Gasteiger charge is -1.92. The Hall–Kier alpha value is -0.180. The number of carbonyl (C=O) groups excluding carboxylic acids is 1. The first-order valence-electron chi connectivity index (χ1n) is 2.59. The number of hydrogen-bond acceptors (Lipinski definition) is 2. The van der Waals surface area contributed by atoms with Gasteiger partial charge in [0.2, 0.25) is 5.91 Å². The van der Waals surface area contributed by atoms with Crippen LogP contribution in [0.25, 0.3) is 0 Å². The Labute approximate surface area is 53.0 Å². The Morgan fingerprint density at radius 3 is 3.50 bits per heavy atom. The lowest BCUT2D eigenvalue weighted by molar-refractivity contribution is -0.120. The van der Waals surface area contributed by atoms with E-state index in [2.05, 4.69) is 5.32 Å². The number of rotatable bonds is 0. The van der Waals surface area contributed by atoms with Crippen molar-refractivity contribution in [1.82, 2.24) is 5.32 Å². The fraction of sp³-hybridized carbons (Fsp3) is 0.600. The van der Waals surface area contributed by atoms with Gasteiger partial charge in [-0.3, -0.25) is 4.79 Å². The average molecular weight is 130 g/mol. The van der Waals surface area contributed by atoms with E-state index in [9.17, 15) is 4.79 Å². The molecule has 0 aromatic heterocycles. The zero-order chi connectivity index (χ0) is 5.82. The SMILES string of the molecule is O=C1CCS[CH]CN1. The van der Waals surface area contributed by atoms with Crippen molar-refractivity contribution in [2.75, 3.05) is 12.3 Å². The van der Waals surface area contributed by atoms with Gasteiger partial charge in [-0.2, -0.15) is 11.8 Å². The molecule has 1 fully saturated rings. The molecule has 0 spiro atoms. The van der Waals surface area contributed by atoms with Gasteiger partial charge in [-0.25, -0.2) is 0 Å². The molecule has 0 aromatic rings. The van der Waals surface area contributed by atoms with Crippen molar-refractivity contribution in [3.63, 3.8) is 0 Å². The number of hydrogen-bond donors (Lipinski definition) is 1. The van der Waals surface area contributed by atoms with Gasteiger partial charge in [0.1, 0.15) is 0 Å². The van der Waals surface area contributed by atoms with Gasteiger partial charge in [-0.05, 0) is 0 Å². The van der Waals surface area contributed by atoms with Gasteiger partial charge in [0.25, 0.3) is 0 Å². The predicted octanol–water partition coefficient (Wildman–Crippen LogP) is 0.401. The van der Waals surface area contributed by atoms with Crippen molar-refractivity contribution >= 4 is 17.7 Å². The van der Waals surface area contributed by atoms with E-state index in [1.165, 1.54) is 0 Å². The summed E-state index contributed by atoms with van der Waals surface area (Å²) in [6.07, 6.45) is 0.668. The second kappa shape index (κ2) is 2.97. The summed E-state index contributed by atoms with van der Waals surface area (Å²) in [6, 6.07) is 0. The van der Waals surface area contributed by atoms with Gasteiger partial charge in [-0.1, -0.05) is 0 Å². The quantitative estimate of drug-likeness (QED) is 0.514. The minimum absolute atomic E-state index is 0.172. The van der Waals surface area contributed by atoms with E-state index in [1.807, 2.05) is 5.75 Å². The molecule has 0 aliphatic carbocycles. The predicted molar refractivity (Wildman–Crippen MR) is 34.4 cm³/mol. The number of thioether (sulfide) groups is 1. The minimum Gasteiger partial charge on any atom is -0.355 e. The Kier molecular flexibility index (Phi) is 2.21. The third-order valence-corrected chi connectivity index (χ3v) is 1.79. The fourth-order valence-electron chi connectivity index (χ4n) is 0.538. The maximum absolute atomic E-state index is 10.5. The lowest BCUT2D eigenvalue weighted by atomic mass is 10.4. The van der Waals surface area contributed by atoms with Gasteiger partial charge < -0.3 is 5.32 Å². The average Bonchev–Trinajstić information content (AvgIpc) is 1.94. The van der Waals surface area contributed by atoms with E-state index in [0.29, 0.717) is 6.42 Å². The highest BCUT2D eigenvalue weighted by atomic mass is 32.2. The van der Waals surface area contributed by atoms with Crippen molar-refractivity contribution in [2.24, 2.45) is 0 Å². The highest BCUT2D eigenvalue weighted by molar-refractivity contribution is 8.01. The van der Waals surface area contributed by atoms with E-state index < -0.39 is 0 Å². The van der Waals surface area contributed by atoms with Crippen molar-refractivity contribution in [2.45, 2.75) is 6.42 Å². The molecule has 3 heteroatoms. The fourth-order valence-corrected chi connectivity index (χ4v) is 1.21. The van der Waals surface area contributed by atoms with E-state index in [0.717, 1.165) is 12.3 Å². The van der Waals surface area contributed by atoms with Gasteiger partial charge in [-0.15, -0.1) is 0 Å². The zero-order valence-electron chi connectivity index (χ0n) is 4.52. The Bertz CT molecular complexity index is 84.4. The third kappa shape index (κ3) is 1.74. The van der Waals surface area contributed by atoms with Crippen molar-refractivity contribution < 1.29 is 4.79 Å². The molecule has 1 radical (unpaired) electrons. The van der Waals surface area contributed by atoms with Crippen LogP contribution in [0.3, 0.4) is 0 Å². The van der Waals surface area contributed by atoms with E-state index in [-0.39, 0.29) is 5.91 Å². The largest absolute Gasteiger partial charge is 0.355 e. The van der Waals surface area contributed by atoms with Gasteiger partial charge in [0.05, 0.1) is 0 Å². The smallest absolute Gasteiger partial charge is 0.220 e. The minimum atomic E-state index is 0.172. The molecule has 0 unspecified atom stereocenters. The molecule has 2 nitrogen and oxygen atoms in total. The van der Waals surface area contributed by atoms with Gasteiger partial charge in [0, 0.05) is 24.5 Å². The highest BCUT2D eigenvalue weighted by Gasteiger charge is 2.03. The van der Waals surface area contributed by atoms with Gasteiger partial charge in [0.15, 0.2) is 0 Å². The van der Waals surface area contributed by atoms with Crippen molar-refractivity contribution in [3.05, 3.63) is 5.75 Å². The van der Waals surface area contributed by atoms with E-state index >= 15 is 0 Å². The maximum Gasteiger partial charge on any atom is 0.220 e.